The molecule has 0 radical (unpaired) electrons. The molecule has 0 saturated heterocycles. The number of nitrogens with zero attached hydrogens (tertiary/aromatic N) is 1. The molecule has 2 N–H and O–H groups in total. The van der Waals surface area contributed by atoms with Crippen molar-refractivity contribution in [1.29, 1.82) is 0 Å². The predicted octanol–water partition coefficient (Wildman–Crippen LogP) is 1.85. The maximum Gasteiger partial charge on any atom is 0.267 e. The van der Waals surface area contributed by atoms with Crippen molar-refractivity contribution in [3.05, 3.63) is 23.8 Å². The summed E-state index contributed by atoms with van der Waals surface area (Å²) in [5.41, 5.74) is 7.91. The Morgan fingerprint density at radius 3 is 2.89 bits per heavy atom. The van der Waals surface area contributed by atoms with Crippen LogP contribution in [0.4, 0.5) is 5.69 Å². The van der Waals surface area contributed by atoms with Crippen LogP contribution in [0.2, 0.25) is 0 Å². The van der Waals surface area contributed by atoms with Crippen LogP contribution in [0.25, 0.3) is 0 Å². The number of amides is 1. The molecule has 0 bridgehead atoms. The minimum Gasteiger partial charge on any atom is -0.479 e. The molecule has 4 heteroatoms. The topological polar surface area (TPSA) is 55.6 Å². The van der Waals surface area contributed by atoms with Gasteiger partial charge in [0.15, 0.2) is 6.10 Å². The summed E-state index contributed by atoms with van der Waals surface area (Å²) in [6.07, 6.45) is 0.406. The van der Waals surface area contributed by atoms with Gasteiger partial charge in [-0.1, -0.05) is 13.0 Å². The summed E-state index contributed by atoms with van der Waals surface area (Å²) >= 11 is 0. The van der Waals surface area contributed by atoms with E-state index in [0.717, 1.165) is 23.4 Å². The second-order valence-electron chi connectivity index (χ2n) is 4.85. The predicted molar refractivity (Wildman–Crippen MR) is 71.9 cm³/mol. The Morgan fingerprint density at radius 1 is 1.50 bits per heavy atom. The molecule has 1 aliphatic rings. The largest absolute Gasteiger partial charge is 0.479 e. The fourth-order valence-corrected chi connectivity index (χ4v) is 2.07. The second-order valence-corrected chi connectivity index (χ2v) is 4.85. The molecular weight excluding hydrogens is 228 g/mol. The lowest BCUT2D eigenvalue weighted by atomic mass is 10.1. The molecule has 2 rings (SSSR count). The van der Waals surface area contributed by atoms with Crippen molar-refractivity contribution in [2.45, 2.75) is 39.3 Å². The van der Waals surface area contributed by atoms with E-state index in [4.69, 9.17) is 10.5 Å². The molecule has 2 atom stereocenters. The zero-order chi connectivity index (χ0) is 13.3. The second kappa shape index (κ2) is 4.98. The highest BCUT2D eigenvalue weighted by Gasteiger charge is 2.31. The van der Waals surface area contributed by atoms with Gasteiger partial charge < -0.3 is 15.4 Å². The number of ether oxygens (including phenoxy) is 1. The molecule has 0 saturated carbocycles. The summed E-state index contributed by atoms with van der Waals surface area (Å²) in [6, 6.07) is 5.86. The number of anilines is 1. The first-order chi connectivity index (χ1) is 8.52. The van der Waals surface area contributed by atoms with Gasteiger partial charge in [0.05, 0.1) is 5.69 Å². The summed E-state index contributed by atoms with van der Waals surface area (Å²) in [5, 5.41) is 0. The molecule has 18 heavy (non-hydrogen) atoms. The molecule has 4 nitrogen and oxygen atoms in total. The lowest BCUT2D eigenvalue weighted by molar-refractivity contribution is -0.125. The Hall–Kier alpha value is -1.55. The number of fused-ring (bicyclic) bond motifs is 1. The van der Waals surface area contributed by atoms with E-state index in [1.807, 2.05) is 32.0 Å². The van der Waals surface area contributed by atoms with Crippen LogP contribution in [-0.2, 0) is 4.79 Å². The number of carbonyl (C=O) groups is 1. The molecular formula is C14H20N2O2. The first-order valence-electron chi connectivity index (χ1n) is 6.37. The van der Waals surface area contributed by atoms with Crippen LogP contribution in [0, 0.1) is 6.92 Å². The Kier molecular flexibility index (Phi) is 3.57. The van der Waals surface area contributed by atoms with Crippen molar-refractivity contribution in [1.82, 2.24) is 0 Å². The van der Waals surface area contributed by atoms with Crippen LogP contribution in [0.15, 0.2) is 18.2 Å². The Balaban J connectivity index is 2.36. The summed E-state index contributed by atoms with van der Waals surface area (Å²) in [6.45, 7) is 6.35. The van der Waals surface area contributed by atoms with Gasteiger partial charge in [-0.2, -0.15) is 0 Å². The van der Waals surface area contributed by atoms with Crippen LogP contribution >= 0.6 is 0 Å². The monoisotopic (exact) mass is 248 g/mol. The van der Waals surface area contributed by atoms with Gasteiger partial charge >= 0.3 is 0 Å². The molecule has 1 heterocycles. The number of aryl methyl sites for hydroxylation is 1. The van der Waals surface area contributed by atoms with Crippen molar-refractivity contribution in [3.63, 3.8) is 0 Å². The van der Waals surface area contributed by atoms with Crippen molar-refractivity contribution < 1.29 is 9.53 Å². The average Bonchev–Trinajstić information content (AvgIpc) is 2.34. The van der Waals surface area contributed by atoms with Crippen molar-refractivity contribution in [2.75, 3.05) is 11.4 Å². The minimum absolute atomic E-state index is 0.00611. The quantitative estimate of drug-likeness (QED) is 0.888. The Bertz CT molecular complexity index is 459. The van der Waals surface area contributed by atoms with Gasteiger partial charge in [0.1, 0.15) is 5.75 Å². The van der Waals surface area contributed by atoms with Gasteiger partial charge in [-0.25, -0.2) is 0 Å². The van der Waals surface area contributed by atoms with Crippen LogP contribution < -0.4 is 15.4 Å². The highest BCUT2D eigenvalue weighted by Crippen LogP contribution is 2.34. The number of rotatable bonds is 3. The van der Waals surface area contributed by atoms with Crippen molar-refractivity contribution in [2.24, 2.45) is 5.73 Å². The van der Waals surface area contributed by atoms with E-state index in [9.17, 15) is 4.79 Å². The molecule has 0 aromatic heterocycles. The molecule has 1 aromatic carbocycles. The normalized spacial score (nSPS) is 20.3. The van der Waals surface area contributed by atoms with Gasteiger partial charge in [-0.15, -0.1) is 0 Å². The molecule has 1 aliphatic heterocycles. The Labute approximate surface area is 108 Å². The first kappa shape index (κ1) is 12.9. The molecule has 1 aromatic rings. The molecule has 0 spiro atoms. The third-order valence-corrected chi connectivity index (χ3v) is 3.27. The number of hydrogen-bond acceptors (Lipinski definition) is 3. The van der Waals surface area contributed by atoms with E-state index < -0.39 is 6.10 Å². The minimum atomic E-state index is -0.441. The fraction of sp³-hybridized carbons (Fsp3) is 0.500. The standard InChI is InChI=1S/C14H20N2O2/c1-4-11(15)8-16-12-6-5-9(2)7-13(12)18-10(3)14(16)17/h5-7,10-11H,4,8,15H2,1-3H3. The van der Waals surface area contributed by atoms with E-state index in [2.05, 4.69) is 0 Å². The van der Waals surface area contributed by atoms with Crippen molar-refractivity contribution >= 4 is 11.6 Å². The molecule has 2 unspecified atom stereocenters. The summed E-state index contributed by atoms with van der Waals surface area (Å²) in [7, 11) is 0. The number of hydrogen-bond donors (Lipinski definition) is 1. The fourth-order valence-electron chi connectivity index (χ4n) is 2.07. The molecule has 0 aliphatic carbocycles. The molecule has 0 fully saturated rings. The van der Waals surface area contributed by atoms with Crippen LogP contribution in [0.3, 0.4) is 0 Å². The number of carbonyl (C=O) groups excluding carboxylic acids is 1. The third kappa shape index (κ3) is 2.34. The summed E-state index contributed by atoms with van der Waals surface area (Å²) < 4.78 is 5.64. The third-order valence-electron chi connectivity index (χ3n) is 3.27. The van der Waals surface area contributed by atoms with E-state index in [-0.39, 0.29) is 11.9 Å². The van der Waals surface area contributed by atoms with E-state index in [0.29, 0.717) is 6.54 Å². The van der Waals surface area contributed by atoms with Crippen LogP contribution in [0.1, 0.15) is 25.8 Å². The maximum atomic E-state index is 12.2. The number of nitrogens with two attached hydrogens (primary N) is 1. The maximum absolute atomic E-state index is 12.2. The van der Waals surface area contributed by atoms with Gasteiger partial charge in [0, 0.05) is 12.6 Å². The zero-order valence-corrected chi connectivity index (χ0v) is 11.1. The van der Waals surface area contributed by atoms with E-state index in [1.165, 1.54) is 0 Å². The lowest BCUT2D eigenvalue weighted by Crippen LogP contribution is -2.49. The van der Waals surface area contributed by atoms with E-state index in [1.54, 1.807) is 11.8 Å². The molecule has 98 valence electrons. The van der Waals surface area contributed by atoms with Gasteiger partial charge in [0.25, 0.3) is 5.91 Å². The highest BCUT2D eigenvalue weighted by molar-refractivity contribution is 5.99. The van der Waals surface area contributed by atoms with Crippen molar-refractivity contribution in [3.8, 4) is 5.75 Å². The summed E-state index contributed by atoms with van der Waals surface area (Å²) in [4.78, 5) is 13.9. The van der Waals surface area contributed by atoms with Crippen LogP contribution in [-0.4, -0.2) is 24.6 Å². The van der Waals surface area contributed by atoms with Gasteiger partial charge in [-0.05, 0) is 38.0 Å². The lowest BCUT2D eigenvalue weighted by Gasteiger charge is -2.34. The first-order valence-corrected chi connectivity index (χ1v) is 6.37. The van der Waals surface area contributed by atoms with Gasteiger partial charge in [0.2, 0.25) is 0 Å². The Morgan fingerprint density at radius 2 is 2.22 bits per heavy atom. The van der Waals surface area contributed by atoms with Crippen LogP contribution in [0.5, 0.6) is 5.75 Å². The highest BCUT2D eigenvalue weighted by atomic mass is 16.5. The smallest absolute Gasteiger partial charge is 0.267 e. The summed E-state index contributed by atoms with van der Waals surface area (Å²) in [5.74, 6) is 0.751. The van der Waals surface area contributed by atoms with Gasteiger partial charge in [-0.3, -0.25) is 4.79 Å². The van der Waals surface area contributed by atoms with E-state index >= 15 is 0 Å². The average molecular weight is 248 g/mol. The SMILES string of the molecule is CCC(N)CN1C(=O)C(C)Oc2cc(C)ccc21. The zero-order valence-electron chi connectivity index (χ0n) is 11.1. The number of benzene rings is 1. The molecule has 1 amide bonds.